The zero-order valence-corrected chi connectivity index (χ0v) is 11.4. The topological polar surface area (TPSA) is 41.5 Å². The molecule has 0 aliphatic heterocycles. The number of rotatable bonds is 3. The van der Waals surface area contributed by atoms with E-state index in [0.717, 1.165) is 17.7 Å². The van der Waals surface area contributed by atoms with E-state index in [9.17, 15) is 18.0 Å². The van der Waals surface area contributed by atoms with Gasteiger partial charge in [0.25, 0.3) is 5.91 Å². The Morgan fingerprint density at radius 3 is 2.15 bits per heavy atom. The molecule has 1 aromatic carbocycles. The summed E-state index contributed by atoms with van der Waals surface area (Å²) < 4.78 is 37.2. The second-order valence-electron chi connectivity index (χ2n) is 4.33. The number of nitrogens with zero attached hydrogens (tertiary/aromatic N) is 1. The Bertz CT molecular complexity index is 539. The van der Waals surface area contributed by atoms with Gasteiger partial charge in [-0.05, 0) is 38.1 Å². The van der Waals surface area contributed by atoms with Gasteiger partial charge in [-0.25, -0.2) is 0 Å². The quantitative estimate of drug-likeness (QED) is 0.667. The third-order valence-corrected chi connectivity index (χ3v) is 2.51. The van der Waals surface area contributed by atoms with Crippen LogP contribution in [-0.2, 0) is 11.0 Å². The van der Waals surface area contributed by atoms with Gasteiger partial charge in [0.05, 0.1) is 11.1 Å². The lowest BCUT2D eigenvalue weighted by Crippen LogP contribution is -2.16. The molecule has 0 aliphatic carbocycles. The smallest absolute Gasteiger partial charge is 0.322 e. The van der Waals surface area contributed by atoms with Crippen molar-refractivity contribution in [3.05, 3.63) is 41.0 Å². The average molecular weight is 284 g/mol. The minimum atomic E-state index is -4.39. The van der Waals surface area contributed by atoms with Crippen LogP contribution in [0.1, 0.15) is 19.4 Å². The van der Waals surface area contributed by atoms with E-state index in [1.54, 1.807) is 13.8 Å². The maximum absolute atomic E-state index is 12.4. The van der Waals surface area contributed by atoms with Crippen molar-refractivity contribution in [2.75, 3.05) is 12.4 Å². The first-order chi connectivity index (χ1) is 9.25. The maximum atomic E-state index is 12.4. The molecule has 108 valence electrons. The van der Waals surface area contributed by atoms with Gasteiger partial charge in [-0.3, -0.25) is 9.79 Å². The second-order valence-corrected chi connectivity index (χ2v) is 4.33. The van der Waals surface area contributed by atoms with Gasteiger partial charge in [0, 0.05) is 18.9 Å². The van der Waals surface area contributed by atoms with Gasteiger partial charge in [0.15, 0.2) is 0 Å². The maximum Gasteiger partial charge on any atom is 0.416 e. The monoisotopic (exact) mass is 284 g/mol. The molecule has 0 unspecified atom stereocenters. The minimum Gasteiger partial charge on any atom is -0.322 e. The summed E-state index contributed by atoms with van der Waals surface area (Å²) in [5.74, 6) is -0.407. The van der Waals surface area contributed by atoms with Gasteiger partial charge in [0.1, 0.15) is 0 Å². The van der Waals surface area contributed by atoms with Gasteiger partial charge < -0.3 is 5.32 Å². The summed E-state index contributed by atoms with van der Waals surface area (Å²) in [6.07, 6.45) is -2.97. The molecule has 1 aromatic rings. The van der Waals surface area contributed by atoms with E-state index in [-0.39, 0.29) is 0 Å². The number of anilines is 1. The van der Waals surface area contributed by atoms with Crippen LogP contribution in [-0.4, -0.2) is 19.2 Å². The standard InChI is InChI=1S/C14H15F3N2O/c1-9(2)12(8-18-3)13(20)19-11-6-4-10(5-7-11)14(15,16)17/h4-8H,1-3H3,(H,19,20). The number of aliphatic imine (C=N–C) groups is 1. The Morgan fingerprint density at radius 1 is 1.20 bits per heavy atom. The lowest BCUT2D eigenvalue weighted by molar-refractivity contribution is -0.137. The predicted octanol–water partition coefficient (Wildman–Crippen LogP) is 3.68. The molecule has 3 nitrogen and oxygen atoms in total. The third-order valence-electron chi connectivity index (χ3n) is 2.51. The lowest BCUT2D eigenvalue weighted by Gasteiger charge is -2.09. The molecule has 0 saturated carbocycles. The zero-order valence-electron chi connectivity index (χ0n) is 11.4. The van der Waals surface area contributed by atoms with Crippen molar-refractivity contribution >= 4 is 17.8 Å². The van der Waals surface area contributed by atoms with Crippen molar-refractivity contribution in [1.29, 1.82) is 0 Å². The summed E-state index contributed by atoms with van der Waals surface area (Å²) in [7, 11) is 1.54. The molecule has 0 spiro atoms. The van der Waals surface area contributed by atoms with Crippen LogP contribution in [0, 0.1) is 0 Å². The summed E-state index contributed by atoms with van der Waals surface area (Å²) >= 11 is 0. The third kappa shape index (κ3) is 4.22. The Morgan fingerprint density at radius 2 is 1.75 bits per heavy atom. The second kappa shape index (κ2) is 6.36. The van der Waals surface area contributed by atoms with Gasteiger partial charge in [0.2, 0.25) is 0 Å². The first-order valence-corrected chi connectivity index (χ1v) is 5.84. The molecule has 0 aliphatic rings. The van der Waals surface area contributed by atoms with Crippen molar-refractivity contribution in [2.24, 2.45) is 4.99 Å². The molecular formula is C14H15F3N2O. The fourth-order valence-electron chi connectivity index (χ4n) is 1.48. The number of hydrogen-bond donors (Lipinski definition) is 1. The van der Waals surface area contributed by atoms with E-state index in [2.05, 4.69) is 10.3 Å². The van der Waals surface area contributed by atoms with Gasteiger partial charge >= 0.3 is 6.18 Å². The molecule has 6 heteroatoms. The summed E-state index contributed by atoms with van der Waals surface area (Å²) in [6, 6.07) is 4.27. The first-order valence-electron chi connectivity index (χ1n) is 5.84. The number of carbonyl (C=O) groups excluding carboxylic acids is 1. The zero-order chi connectivity index (χ0) is 15.3. The fourth-order valence-corrected chi connectivity index (χ4v) is 1.48. The van der Waals surface area contributed by atoms with Crippen molar-refractivity contribution in [3.8, 4) is 0 Å². The molecule has 0 bridgehead atoms. The molecule has 0 heterocycles. The molecular weight excluding hydrogens is 269 g/mol. The lowest BCUT2D eigenvalue weighted by atomic mass is 10.1. The van der Waals surface area contributed by atoms with Crippen LogP contribution in [0.5, 0.6) is 0 Å². The largest absolute Gasteiger partial charge is 0.416 e. The van der Waals surface area contributed by atoms with Crippen LogP contribution < -0.4 is 5.32 Å². The highest BCUT2D eigenvalue weighted by atomic mass is 19.4. The van der Waals surface area contributed by atoms with E-state index in [0.29, 0.717) is 11.3 Å². The van der Waals surface area contributed by atoms with Crippen LogP contribution in [0.25, 0.3) is 0 Å². The molecule has 0 atom stereocenters. The minimum absolute atomic E-state index is 0.297. The number of hydrogen-bond acceptors (Lipinski definition) is 2. The Kier molecular flexibility index (Phi) is 5.07. The van der Waals surface area contributed by atoms with Gasteiger partial charge in [-0.15, -0.1) is 0 Å². The molecule has 20 heavy (non-hydrogen) atoms. The molecule has 0 aromatic heterocycles. The highest BCUT2D eigenvalue weighted by Crippen LogP contribution is 2.29. The number of nitrogens with one attached hydrogen (secondary N) is 1. The van der Waals surface area contributed by atoms with Crippen LogP contribution in [0.4, 0.5) is 18.9 Å². The van der Waals surface area contributed by atoms with E-state index in [4.69, 9.17) is 0 Å². The number of allylic oxidation sites excluding steroid dienone is 1. The van der Waals surface area contributed by atoms with E-state index >= 15 is 0 Å². The van der Waals surface area contributed by atoms with Crippen LogP contribution in [0.3, 0.4) is 0 Å². The molecule has 0 saturated heterocycles. The number of benzene rings is 1. The first kappa shape index (κ1) is 15.9. The highest BCUT2D eigenvalue weighted by molar-refractivity contribution is 6.18. The Balaban J connectivity index is 2.89. The van der Waals surface area contributed by atoms with Crippen molar-refractivity contribution in [1.82, 2.24) is 0 Å². The Hall–Kier alpha value is -2.11. The van der Waals surface area contributed by atoms with Gasteiger partial charge in [-0.1, -0.05) is 5.57 Å². The molecule has 1 amide bonds. The fraction of sp³-hybridized carbons (Fsp3) is 0.286. The molecule has 0 fully saturated rings. The Labute approximate surface area is 115 Å². The summed E-state index contributed by atoms with van der Waals surface area (Å²) in [4.78, 5) is 15.7. The van der Waals surface area contributed by atoms with E-state index < -0.39 is 17.6 Å². The predicted molar refractivity (Wildman–Crippen MR) is 72.9 cm³/mol. The van der Waals surface area contributed by atoms with Crippen LogP contribution in [0.2, 0.25) is 0 Å². The SMILES string of the molecule is CN=CC(C(=O)Nc1ccc(C(F)(F)F)cc1)=C(C)C. The molecule has 1 N–H and O–H groups in total. The number of carbonyl (C=O) groups is 1. The van der Waals surface area contributed by atoms with Crippen LogP contribution >= 0.6 is 0 Å². The normalized spacial score (nSPS) is 11.5. The summed E-state index contributed by atoms with van der Waals surface area (Å²) in [5, 5.41) is 2.53. The van der Waals surface area contributed by atoms with Crippen molar-refractivity contribution in [2.45, 2.75) is 20.0 Å². The highest BCUT2D eigenvalue weighted by Gasteiger charge is 2.30. The number of halogens is 3. The van der Waals surface area contributed by atoms with E-state index in [1.165, 1.54) is 25.4 Å². The summed E-state index contributed by atoms with van der Waals surface area (Å²) in [5.41, 5.74) is 0.687. The van der Waals surface area contributed by atoms with Crippen molar-refractivity contribution < 1.29 is 18.0 Å². The van der Waals surface area contributed by atoms with E-state index in [1.807, 2.05) is 0 Å². The molecule has 0 radical (unpaired) electrons. The van der Waals surface area contributed by atoms with Gasteiger partial charge in [-0.2, -0.15) is 13.2 Å². The number of amides is 1. The van der Waals surface area contributed by atoms with Crippen LogP contribution in [0.15, 0.2) is 40.4 Å². The number of alkyl halides is 3. The summed E-state index contributed by atoms with van der Waals surface area (Å²) in [6.45, 7) is 3.51. The molecule has 1 rings (SSSR count). The van der Waals surface area contributed by atoms with Crippen molar-refractivity contribution in [3.63, 3.8) is 0 Å². The average Bonchev–Trinajstić information content (AvgIpc) is 2.34.